The summed E-state index contributed by atoms with van der Waals surface area (Å²) in [6, 6.07) is 8.16. The average molecular weight is 271 g/mol. The van der Waals surface area contributed by atoms with Gasteiger partial charge in [-0.1, -0.05) is 18.2 Å². The predicted molar refractivity (Wildman–Crippen MR) is 58.3 cm³/mol. The molecule has 0 aliphatic rings. The number of rotatable bonds is 5. The Balaban J connectivity index is 2.53. The molecule has 1 atom stereocenters. The third kappa shape index (κ3) is 5.40. The molecule has 0 spiro atoms. The molecule has 1 aromatic rings. The first-order valence-electron chi connectivity index (χ1n) is 4.00. The summed E-state index contributed by atoms with van der Waals surface area (Å²) in [6.07, 6.45) is 0. The molecule has 1 rings (SSSR count). The number of para-hydroxylation sites is 1. The summed E-state index contributed by atoms with van der Waals surface area (Å²) in [6.45, 7) is -0.274. The van der Waals surface area contributed by atoms with Crippen molar-refractivity contribution in [3.63, 3.8) is 0 Å². The highest BCUT2D eigenvalue weighted by Gasteiger charge is 2.23. The summed E-state index contributed by atoms with van der Waals surface area (Å²) >= 11 is 10.7. The van der Waals surface area contributed by atoms with Crippen molar-refractivity contribution in [3.05, 3.63) is 30.3 Å². The fourth-order valence-electron chi connectivity index (χ4n) is 0.791. The zero-order valence-electron chi connectivity index (χ0n) is 7.55. The van der Waals surface area contributed by atoms with Gasteiger partial charge >= 0.3 is 7.82 Å². The molecule has 0 heterocycles. The van der Waals surface area contributed by atoms with Crippen LogP contribution < -0.4 is 4.52 Å². The van der Waals surface area contributed by atoms with E-state index in [1.165, 1.54) is 12.1 Å². The van der Waals surface area contributed by atoms with E-state index in [-0.39, 0.29) is 12.4 Å². The lowest BCUT2D eigenvalue weighted by Gasteiger charge is -2.12. The minimum absolute atomic E-state index is 0.240. The van der Waals surface area contributed by atoms with Crippen LogP contribution in [0.5, 0.6) is 5.75 Å². The molecule has 4 nitrogen and oxygen atoms in total. The van der Waals surface area contributed by atoms with Crippen LogP contribution in [0.1, 0.15) is 0 Å². The van der Waals surface area contributed by atoms with E-state index in [1.54, 1.807) is 18.2 Å². The zero-order chi connectivity index (χ0) is 11.3. The monoisotopic (exact) mass is 270 g/mol. The average Bonchev–Trinajstić information content (AvgIpc) is 2.16. The highest BCUT2D eigenvalue weighted by Crippen LogP contribution is 2.43. The maximum atomic E-state index is 11.3. The lowest BCUT2D eigenvalue weighted by molar-refractivity contribution is 0.211. The van der Waals surface area contributed by atoms with Crippen LogP contribution in [0.25, 0.3) is 0 Å². The molecule has 84 valence electrons. The van der Waals surface area contributed by atoms with E-state index >= 15 is 0 Å². The van der Waals surface area contributed by atoms with E-state index in [2.05, 4.69) is 4.52 Å². The number of halogens is 2. The molecule has 0 saturated heterocycles. The van der Waals surface area contributed by atoms with Gasteiger partial charge in [0.05, 0.1) is 6.61 Å². The van der Waals surface area contributed by atoms with Crippen molar-refractivity contribution in [1.29, 1.82) is 0 Å². The molecule has 0 radical (unpaired) electrons. The summed E-state index contributed by atoms with van der Waals surface area (Å²) in [5, 5.41) is 0. The Morgan fingerprint density at radius 2 is 1.93 bits per heavy atom. The van der Waals surface area contributed by atoms with Crippen molar-refractivity contribution in [2.75, 3.05) is 6.61 Å². The van der Waals surface area contributed by atoms with Gasteiger partial charge in [0.25, 0.3) is 0 Å². The van der Waals surface area contributed by atoms with E-state index in [0.717, 1.165) is 0 Å². The van der Waals surface area contributed by atoms with Crippen molar-refractivity contribution in [1.82, 2.24) is 0 Å². The fourth-order valence-corrected chi connectivity index (χ4v) is 1.87. The van der Waals surface area contributed by atoms with Gasteiger partial charge in [0, 0.05) is 0 Å². The third-order valence-corrected chi connectivity index (χ3v) is 2.50. The minimum atomic E-state index is -4.14. The number of hydrogen-bond donors (Lipinski definition) is 1. The van der Waals surface area contributed by atoms with Crippen molar-refractivity contribution < 1.29 is 18.5 Å². The Labute approximate surface area is 97.3 Å². The Morgan fingerprint density at radius 1 is 1.33 bits per heavy atom. The second-order valence-corrected chi connectivity index (χ2v) is 5.21. The largest absolute Gasteiger partial charge is 0.527 e. The minimum Gasteiger partial charge on any atom is -0.404 e. The maximum Gasteiger partial charge on any atom is 0.527 e. The predicted octanol–water partition coefficient (Wildman–Crippen LogP) is 2.99. The Kier molecular flexibility index (Phi) is 4.90. The molecule has 0 aromatic heterocycles. The SMILES string of the molecule is O=P(O)(OCC(Cl)Cl)Oc1ccccc1. The first-order valence-corrected chi connectivity index (χ1v) is 6.36. The molecule has 0 bridgehead atoms. The standard InChI is InChI=1S/C8H9Cl2O4P/c9-8(10)6-13-15(11,12)14-7-4-2-1-3-5-7/h1-5,8H,6H2,(H,11,12). The van der Waals surface area contributed by atoms with Crippen molar-refractivity contribution in [3.8, 4) is 5.75 Å². The highest BCUT2D eigenvalue weighted by molar-refractivity contribution is 7.47. The van der Waals surface area contributed by atoms with Gasteiger partial charge in [-0.3, -0.25) is 9.42 Å². The molecule has 0 saturated carbocycles. The Hall–Kier alpha value is -0.250. The van der Waals surface area contributed by atoms with Crippen LogP contribution in [-0.4, -0.2) is 16.3 Å². The van der Waals surface area contributed by atoms with Gasteiger partial charge in [-0.2, -0.15) is 0 Å². The molecule has 1 N–H and O–H groups in total. The molecule has 1 unspecified atom stereocenters. The van der Waals surface area contributed by atoms with Gasteiger partial charge in [-0.25, -0.2) is 4.57 Å². The van der Waals surface area contributed by atoms with Crippen LogP contribution in [-0.2, 0) is 9.09 Å². The van der Waals surface area contributed by atoms with Crippen molar-refractivity contribution in [2.45, 2.75) is 4.84 Å². The number of phosphoric acid groups is 1. The third-order valence-electron chi connectivity index (χ3n) is 1.33. The van der Waals surface area contributed by atoms with E-state index in [9.17, 15) is 9.46 Å². The van der Waals surface area contributed by atoms with Gasteiger partial charge < -0.3 is 4.52 Å². The van der Waals surface area contributed by atoms with Crippen LogP contribution in [0.15, 0.2) is 30.3 Å². The highest BCUT2D eigenvalue weighted by atomic mass is 35.5. The van der Waals surface area contributed by atoms with Gasteiger partial charge in [-0.05, 0) is 12.1 Å². The number of benzene rings is 1. The molecule has 0 fully saturated rings. The summed E-state index contributed by atoms with van der Waals surface area (Å²) < 4.78 is 20.5. The van der Waals surface area contributed by atoms with Gasteiger partial charge in [0.2, 0.25) is 0 Å². The first kappa shape index (κ1) is 12.8. The second-order valence-electron chi connectivity index (χ2n) is 2.56. The molecule has 7 heteroatoms. The molecule has 0 aliphatic heterocycles. The van der Waals surface area contributed by atoms with E-state index < -0.39 is 12.7 Å². The summed E-state index contributed by atoms with van der Waals surface area (Å²) in [5.41, 5.74) is 0. The lowest BCUT2D eigenvalue weighted by atomic mass is 10.3. The second kappa shape index (κ2) is 5.73. The van der Waals surface area contributed by atoms with Crippen molar-refractivity contribution >= 4 is 31.0 Å². The topological polar surface area (TPSA) is 55.8 Å². The van der Waals surface area contributed by atoms with Crippen LogP contribution in [0.4, 0.5) is 0 Å². The maximum absolute atomic E-state index is 11.3. The quantitative estimate of drug-likeness (QED) is 0.660. The summed E-state index contributed by atoms with van der Waals surface area (Å²) in [4.78, 5) is 8.34. The smallest absolute Gasteiger partial charge is 0.404 e. The molecule has 0 aliphatic carbocycles. The Morgan fingerprint density at radius 3 is 2.47 bits per heavy atom. The van der Waals surface area contributed by atoms with Gasteiger partial charge in [0.1, 0.15) is 10.6 Å². The van der Waals surface area contributed by atoms with Crippen LogP contribution >= 0.6 is 31.0 Å². The van der Waals surface area contributed by atoms with Crippen LogP contribution in [0, 0.1) is 0 Å². The molecule has 1 aromatic carbocycles. The van der Waals surface area contributed by atoms with Gasteiger partial charge in [0.15, 0.2) is 0 Å². The van der Waals surface area contributed by atoms with E-state index in [1.807, 2.05) is 0 Å². The Bertz CT molecular complexity index is 344. The zero-order valence-corrected chi connectivity index (χ0v) is 9.95. The van der Waals surface area contributed by atoms with E-state index in [0.29, 0.717) is 0 Å². The van der Waals surface area contributed by atoms with E-state index in [4.69, 9.17) is 27.7 Å². The number of hydrogen-bond acceptors (Lipinski definition) is 3. The summed E-state index contributed by atoms with van der Waals surface area (Å²) in [5.74, 6) is 0.240. The molecular weight excluding hydrogens is 262 g/mol. The fraction of sp³-hybridized carbons (Fsp3) is 0.250. The number of alkyl halides is 2. The molecular formula is C8H9Cl2O4P. The molecule has 0 amide bonds. The lowest BCUT2D eigenvalue weighted by Crippen LogP contribution is -2.04. The number of phosphoric ester groups is 1. The van der Waals surface area contributed by atoms with Gasteiger partial charge in [-0.15, -0.1) is 23.2 Å². The normalized spacial score (nSPS) is 14.9. The van der Waals surface area contributed by atoms with Crippen LogP contribution in [0.2, 0.25) is 0 Å². The molecule has 15 heavy (non-hydrogen) atoms. The first-order chi connectivity index (χ1) is 6.99. The summed E-state index contributed by atoms with van der Waals surface area (Å²) in [7, 11) is -4.14. The van der Waals surface area contributed by atoms with Crippen molar-refractivity contribution in [2.24, 2.45) is 0 Å². The van der Waals surface area contributed by atoms with Crippen LogP contribution in [0.3, 0.4) is 0 Å².